The van der Waals surface area contributed by atoms with E-state index in [0.29, 0.717) is 37.6 Å². The maximum Gasteiger partial charge on any atom is 0.417 e. The predicted molar refractivity (Wildman–Crippen MR) is 100 cm³/mol. The van der Waals surface area contributed by atoms with Gasteiger partial charge in [-0.2, -0.15) is 13.2 Å². The summed E-state index contributed by atoms with van der Waals surface area (Å²) in [4.78, 5) is 19.7. The van der Waals surface area contributed by atoms with Crippen molar-refractivity contribution in [1.29, 1.82) is 0 Å². The number of hydrogen-bond acceptors (Lipinski definition) is 4. The standard InChI is InChI=1S/C20H19F4N3O2/c1-29-17-5-2-14(12-16(17)21)3-7-19(28)27-10-8-26(9-11-27)18-6-4-15(13-25-18)20(22,23)24/h2-7,12-13H,8-11H2,1H3/b7-3+. The SMILES string of the molecule is COc1ccc(/C=C/C(=O)N2CCN(c3ccc(C(F)(F)F)cn3)CC2)cc1F. The number of amides is 1. The zero-order valence-corrected chi connectivity index (χ0v) is 15.6. The lowest BCUT2D eigenvalue weighted by molar-refractivity contribution is -0.137. The molecule has 0 unspecified atom stereocenters. The molecule has 0 atom stereocenters. The highest BCUT2D eigenvalue weighted by atomic mass is 19.4. The Morgan fingerprint density at radius 1 is 1.14 bits per heavy atom. The van der Waals surface area contributed by atoms with Gasteiger partial charge in [0.05, 0.1) is 12.7 Å². The first-order valence-electron chi connectivity index (χ1n) is 8.86. The van der Waals surface area contributed by atoms with Gasteiger partial charge in [-0.1, -0.05) is 6.07 Å². The average Bonchev–Trinajstić information content (AvgIpc) is 2.71. The number of carbonyl (C=O) groups excluding carboxylic acids is 1. The van der Waals surface area contributed by atoms with Crippen LogP contribution in [0, 0.1) is 5.82 Å². The Hall–Kier alpha value is -3.10. The van der Waals surface area contributed by atoms with Gasteiger partial charge in [-0.05, 0) is 35.9 Å². The zero-order chi connectivity index (χ0) is 21.0. The van der Waals surface area contributed by atoms with Crippen LogP contribution in [0.3, 0.4) is 0 Å². The second-order valence-corrected chi connectivity index (χ2v) is 6.44. The first-order chi connectivity index (χ1) is 13.8. The van der Waals surface area contributed by atoms with Crippen LogP contribution in [-0.4, -0.2) is 49.1 Å². The minimum Gasteiger partial charge on any atom is -0.494 e. The fourth-order valence-electron chi connectivity index (χ4n) is 2.96. The Morgan fingerprint density at radius 2 is 1.86 bits per heavy atom. The highest BCUT2D eigenvalue weighted by molar-refractivity contribution is 5.92. The van der Waals surface area contributed by atoms with E-state index in [1.807, 2.05) is 4.90 Å². The summed E-state index contributed by atoms with van der Waals surface area (Å²) in [6.07, 6.45) is -0.721. The maximum absolute atomic E-state index is 13.7. The summed E-state index contributed by atoms with van der Waals surface area (Å²) >= 11 is 0. The van der Waals surface area contributed by atoms with Crippen molar-refractivity contribution in [2.45, 2.75) is 6.18 Å². The van der Waals surface area contributed by atoms with Crippen molar-refractivity contribution in [3.63, 3.8) is 0 Å². The third-order valence-corrected chi connectivity index (χ3v) is 4.58. The molecule has 3 rings (SSSR count). The molecule has 2 heterocycles. The molecule has 1 aromatic heterocycles. The summed E-state index contributed by atoms with van der Waals surface area (Å²) in [5, 5.41) is 0. The van der Waals surface area contributed by atoms with Gasteiger partial charge in [0.1, 0.15) is 5.82 Å². The number of piperazine rings is 1. The van der Waals surface area contributed by atoms with E-state index in [0.717, 1.165) is 12.3 Å². The molecule has 29 heavy (non-hydrogen) atoms. The average molecular weight is 409 g/mol. The quantitative estimate of drug-likeness (QED) is 0.572. The Balaban J connectivity index is 1.56. The largest absolute Gasteiger partial charge is 0.494 e. The van der Waals surface area contributed by atoms with Crippen LogP contribution in [0.5, 0.6) is 5.75 Å². The monoisotopic (exact) mass is 409 g/mol. The molecule has 0 N–H and O–H groups in total. The lowest BCUT2D eigenvalue weighted by Crippen LogP contribution is -2.48. The second-order valence-electron chi connectivity index (χ2n) is 6.44. The number of hydrogen-bond donors (Lipinski definition) is 0. The molecule has 0 radical (unpaired) electrons. The molecular weight excluding hydrogens is 390 g/mol. The smallest absolute Gasteiger partial charge is 0.417 e. The lowest BCUT2D eigenvalue weighted by Gasteiger charge is -2.35. The van der Waals surface area contributed by atoms with Crippen molar-refractivity contribution in [3.8, 4) is 5.75 Å². The fraction of sp³-hybridized carbons (Fsp3) is 0.300. The van der Waals surface area contributed by atoms with Gasteiger partial charge in [-0.15, -0.1) is 0 Å². The number of benzene rings is 1. The molecule has 0 spiro atoms. The van der Waals surface area contributed by atoms with Gasteiger partial charge in [-0.3, -0.25) is 4.79 Å². The Kier molecular flexibility index (Phi) is 6.05. The van der Waals surface area contributed by atoms with Gasteiger partial charge in [-0.25, -0.2) is 9.37 Å². The number of carbonyl (C=O) groups is 1. The topological polar surface area (TPSA) is 45.7 Å². The molecule has 1 aliphatic rings. The first kappa shape index (κ1) is 20.6. The molecule has 2 aromatic rings. The summed E-state index contributed by atoms with van der Waals surface area (Å²) in [5.41, 5.74) is -0.264. The van der Waals surface area contributed by atoms with Crippen molar-refractivity contribution < 1.29 is 27.1 Å². The fourth-order valence-corrected chi connectivity index (χ4v) is 2.96. The van der Waals surface area contributed by atoms with E-state index in [1.165, 1.54) is 37.5 Å². The van der Waals surface area contributed by atoms with Gasteiger partial charge < -0.3 is 14.5 Å². The molecule has 0 saturated carbocycles. The number of alkyl halides is 3. The van der Waals surface area contributed by atoms with E-state index in [-0.39, 0.29) is 11.7 Å². The van der Waals surface area contributed by atoms with Crippen LogP contribution in [0.1, 0.15) is 11.1 Å². The molecular formula is C20H19F4N3O2. The summed E-state index contributed by atoms with van der Waals surface area (Å²) in [5.74, 6) is -0.170. The van der Waals surface area contributed by atoms with Crippen LogP contribution in [0.2, 0.25) is 0 Å². The number of aromatic nitrogens is 1. The van der Waals surface area contributed by atoms with E-state index in [2.05, 4.69) is 4.98 Å². The highest BCUT2D eigenvalue weighted by Crippen LogP contribution is 2.29. The number of rotatable bonds is 4. The summed E-state index contributed by atoms with van der Waals surface area (Å²) in [6.45, 7) is 1.72. The number of pyridine rings is 1. The third-order valence-electron chi connectivity index (χ3n) is 4.58. The van der Waals surface area contributed by atoms with Crippen molar-refractivity contribution in [2.24, 2.45) is 0 Å². The van der Waals surface area contributed by atoms with Gasteiger partial charge in [0.15, 0.2) is 11.6 Å². The Morgan fingerprint density at radius 3 is 2.41 bits per heavy atom. The van der Waals surface area contributed by atoms with E-state index < -0.39 is 17.6 Å². The molecule has 1 aromatic carbocycles. The minimum atomic E-state index is -4.42. The van der Waals surface area contributed by atoms with E-state index in [1.54, 1.807) is 11.0 Å². The highest BCUT2D eigenvalue weighted by Gasteiger charge is 2.31. The molecule has 1 aliphatic heterocycles. The molecule has 9 heteroatoms. The van der Waals surface area contributed by atoms with Crippen LogP contribution < -0.4 is 9.64 Å². The summed E-state index contributed by atoms with van der Waals surface area (Å²) in [6, 6.07) is 6.72. The molecule has 1 amide bonds. The van der Waals surface area contributed by atoms with Crippen LogP contribution >= 0.6 is 0 Å². The molecule has 1 fully saturated rings. The maximum atomic E-state index is 13.7. The van der Waals surface area contributed by atoms with Crippen LogP contribution in [0.25, 0.3) is 6.08 Å². The van der Waals surface area contributed by atoms with Gasteiger partial charge in [0, 0.05) is 38.5 Å². The van der Waals surface area contributed by atoms with Crippen LogP contribution in [0.15, 0.2) is 42.6 Å². The second kappa shape index (κ2) is 8.50. The van der Waals surface area contributed by atoms with Crippen molar-refractivity contribution in [3.05, 3.63) is 59.5 Å². The molecule has 154 valence electrons. The Labute approximate surface area is 165 Å². The Bertz CT molecular complexity index is 890. The number of nitrogens with zero attached hydrogens (tertiary/aromatic N) is 3. The van der Waals surface area contributed by atoms with E-state index in [9.17, 15) is 22.4 Å². The number of anilines is 1. The van der Waals surface area contributed by atoms with Crippen molar-refractivity contribution in [1.82, 2.24) is 9.88 Å². The summed E-state index contributed by atoms with van der Waals surface area (Å²) in [7, 11) is 1.37. The van der Waals surface area contributed by atoms with Gasteiger partial charge in [0.25, 0.3) is 0 Å². The number of halogens is 4. The van der Waals surface area contributed by atoms with E-state index in [4.69, 9.17) is 4.74 Å². The number of methoxy groups -OCH3 is 1. The van der Waals surface area contributed by atoms with Crippen LogP contribution in [0.4, 0.5) is 23.4 Å². The van der Waals surface area contributed by atoms with Gasteiger partial charge in [0.2, 0.25) is 5.91 Å². The molecule has 1 saturated heterocycles. The third kappa shape index (κ3) is 5.04. The summed E-state index contributed by atoms with van der Waals surface area (Å²) < 4.78 is 56.4. The van der Waals surface area contributed by atoms with Crippen molar-refractivity contribution in [2.75, 3.05) is 38.2 Å². The molecule has 0 aliphatic carbocycles. The van der Waals surface area contributed by atoms with E-state index >= 15 is 0 Å². The molecule has 0 bridgehead atoms. The predicted octanol–water partition coefficient (Wildman–Crippen LogP) is 3.61. The van der Waals surface area contributed by atoms with Crippen molar-refractivity contribution >= 4 is 17.8 Å². The first-order valence-corrected chi connectivity index (χ1v) is 8.86. The zero-order valence-electron chi connectivity index (χ0n) is 15.6. The van der Waals surface area contributed by atoms with Crippen LogP contribution in [-0.2, 0) is 11.0 Å². The minimum absolute atomic E-state index is 0.126. The lowest BCUT2D eigenvalue weighted by atomic mass is 10.2. The van der Waals surface area contributed by atoms with Gasteiger partial charge >= 0.3 is 6.18 Å². The molecule has 5 nitrogen and oxygen atoms in total. The normalized spacial score (nSPS) is 15.1. The number of ether oxygens (including phenoxy) is 1.